The lowest BCUT2D eigenvalue weighted by molar-refractivity contribution is -0.126. The number of likely N-dealkylation sites (tertiary alicyclic amines) is 1. The van der Waals surface area contributed by atoms with Gasteiger partial charge in [-0.15, -0.1) is 0 Å². The predicted octanol–water partition coefficient (Wildman–Crippen LogP) is 1.84. The molecule has 0 unspecified atom stereocenters. The molecule has 1 aromatic rings. The van der Waals surface area contributed by atoms with Crippen molar-refractivity contribution in [1.29, 1.82) is 0 Å². The number of carbonyl (C=O) groups is 1. The summed E-state index contributed by atoms with van der Waals surface area (Å²) in [6.07, 6.45) is 0.192. The molecule has 2 aliphatic rings. The molecule has 1 aromatic carbocycles. The fraction of sp³-hybridized carbons (Fsp3) is 0.611. The molecule has 2 heterocycles. The van der Waals surface area contributed by atoms with Gasteiger partial charge in [-0.05, 0) is 27.0 Å². The van der Waals surface area contributed by atoms with E-state index in [1.54, 1.807) is 0 Å². The van der Waals surface area contributed by atoms with E-state index in [0.717, 1.165) is 12.3 Å². The number of nitrogens with one attached hydrogen (secondary N) is 1. The maximum Gasteiger partial charge on any atom is 0.224 e. The van der Waals surface area contributed by atoms with Crippen molar-refractivity contribution in [3.63, 3.8) is 0 Å². The highest BCUT2D eigenvalue weighted by Crippen LogP contribution is 2.46. The molecule has 1 amide bonds. The first-order valence-electron chi connectivity index (χ1n) is 8.39. The first kappa shape index (κ1) is 16.3. The molecule has 0 bridgehead atoms. The molecule has 5 nitrogen and oxygen atoms in total. The molecule has 2 aliphatic heterocycles. The number of rotatable bonds is 5. The van der Waals surface area contributed by atoms with Crippen LogP contribution in [-0.4, -0.2) is 50.3 Å². The molecule has 126 valence electrons. The highest BCUT2D eigenvalue weighted by Gasteiger charge is 2.47. The Labute approximate surface area is 137 Å². The maximum absolute atomic E-state index is 12.6. The fourth-order valence-corrected chi connectivity index (χ4v) is 3.70. The number of para-hydroxylation sites is 1. The van der Waals surface area contributed by atoms with Crippen LogP contribution in [0.25, 0.3) is 0 Å². The maximum atomic E-state index is 12.6. The number of ether oxygens (including phenoxy) is 2. The highest BCUT2D eigenvalue weighted by molar-refractivity contribution is 5.80. The SMILES string of the molecule is CC(C)OCCNC(=O)[C@@H]1CN(C)[C@H]2c3ccccc3OC[C@@H]12. The lowest BCUT2D eigenvalue weighted by Gasteiger charge is -2.32. The molecule has 1 saturated heterocycles. The van der Waals surface area contributed by atoms with E-state index >= 15 is 0 Å². The van der Waals surface area contributed by atoms with Crippen molar-refractivity contribution in [3.05, 3.63) is 29.8 Å². The van der Waals surface area contributed by atoms with E-state index in [0.29, 0.717) is 19.8 Å². The Morgan fingerprint density at radius 3 is 3.00 bits per heavy atom. The summed E-state index contributed by atoms with van der Waals surface area (Å²) in [6.45, 7) is 6.48. The minimum atomic E-state index is -0.0302. The molecule has 0 spiro atoms. The molecule has 5 heteroatoms. The number of nitrogens with zero attached hydrogens (tertiary/aromatic N) is 1. The van der Waals surface area contributed by atoms with Gasteiger partial charge in [-0.3, -0.25) is 9.69 Å². The quantitative estimate of drug-likeness (QED) is 0.842. The normalized spacial score (nSPS) is 26.5. The molecule has 0 aromatic heterocycles. The van der Waals surface area contributed by atoms with Crippen LogP contribution in [0.2, 0.25) is 0 Å². The number of hydrogen-bond acceptors (Lipinski definition) is 4. The molecular weight excluding hydrogens is 292 g/mol. The lowest BCUT2D eigenvalue weighted by Crippen LogP contribution is -2.39. The zero-order valence-corrected chi connectivity index (χ0v) is 14.1. The van der Waals surface area contributed by atoms with Gasteiger partial charge in [0.15, 0.2) is 0 Å². The van der Waals surface area contributed by atoms with Crippen molar-refractivity contribution in [1.82, 2.24) is 10.2 Å². The Kier molecular flexibility index (Phi) is 4.87. The third-order valence-corrected chi connectivity index (χ3v) is 4.74. The summed E-state index contributed by atoms with van der Waals surface area (Å²) in [7, 11) is 2.09. The van der Waals surface area contributed by atoms with Crippen LogP contribution >= 0.6 is 0 Å². The Hall–Kier alpha value is -1.59. The van der Waals surface area contributed by atoms with Crippen LogP contribution in [0, 0.1) is 11.8 Å². The summed E-state index contributed by atoms with van der Waals surface area (Å²) >= 11 is 0. The zero-order valence-electron chi connectivity index (χ0n) is 14.1. The van der Waals surface area contributed by atoms with Crippen molar-refractivity contribution in [2.24, 2.45) is 11.8 Å². The smallest absolute Gasteiger partial charge is 0.224 e. The van der Waals surface area contributed by atoms with Gasteiger partial charge >= 0.3 is 0 Å². The van der Waals surface area contributed by atoms with E-state index < -0.39 is 0 Å². The van der Waals surface area contributed by atoms with Crippen LogP contribution in [0.1, 0.15) is 25.5 Å². The molecule has 0 radical (unpaired) electrons. The molecule has 1 fully saturated rings. The van der Waals surface area contributed by atoms with E-state index in [2.05, 4.69) is 23.3 Å². The van der Waals surface area contributed by atoms with Crippen LogP contribution < -0.4 is 10.1 Å². The Morgan fingerprint density at radius 1 is 1.43 bits per heavy atom. The summed E-state index contributed by atoms with van der Waals surface area (Å²) in [5.41, 5.74) is 1.20. The largest absolute Gasteiger partial charge is 0.493 e. The van der Waals surface area contributed by atoms with Gasteiger partial charge in [0, 0.05) is 30.6 Å². The van der Waals surface area contributed by atoms with Crippen molar-refractivity contribution < 1.29 is 14.3 Å². The molecule has 0 saturated carbocycles. The standard InChI is InChI=1S/C18H26N2O3/c1-12(2)22-9-8-19-18(21)14-10-20(3)17-13-6-4-5-7-16(13)23-11-15(14)17/h4-7,12,14-15,17H,8-11H2,1-3H3,(H,19,21)/t14-,15+,17+/m1/s1. The summed E-state index contributed by atoms with van der Waals surface area (Å²) in [6, 6.07) is 8.42. The van der Waals surface area contributed by atoms with E-state index in [1.807, 2.05) is 32.0 Å². The molecule has 23 heavy (non-hydrogen) atoms. The van der Waals surface area contributed by atoms with Crippen LogP contribution in [0.4, 0.5) is 0 Å². The Balaban J connectivity index is 1.64. The molecule has 3 rings (SSSR count). The fourth-order valence-electron chi connectivity index (χ4n) is 3.70. The molecular formula is C18H26N2O3. The second kappa shape index (κ2) is 6.89. The van der Waals surface area contributed by atoms with E-state index in [1.165, 1.54) is 5.56 Å². The van der Waals surface area contributed by atoms with Gasteiger partial charge in [-0.1, -0.05) is 18.2 Å². The average molecular weight is 318 g/mol. The minimum absolute atomic E-state index is 0.0302. The second-order valence-corrected chi connectivity index (χ2v) is 6.71. The molecule has 3 atom stereocenters. The first-order valence-corrected chi connectivity index (χ1v) is 8.39. The summed E-state index contributed by atoms with van der Waals surface area (Å²) in [5.74, 6) is 1.24. The predicted molar refractivity (Wildman–Crippen MR) is 88.4 cm³/mol. The first-order chi connectivity index (χ1) is 11.1. The van der Waals surface area contributed by atoms with Gasteiger partial charge in [0.05, 0.1) is 25.2 Å². The van der Waals surface area contributed by atoms with Crippen LogP contribution in [0.5, 0.6) is 5.75 Å². The summed E-state index contributed by atoms with van der Waals surface area (Å²) in [4.78, 5) is 14.8. The summed E-state index contributed by atoms with van der Waals surface area (Å²) in [5, 5.41) is 3.01. The average Bonchev–Trinajstić information content (AvgIpc) is 2.89. The molecule has 0 aliphatic carbocycles. The van der Waals surface area contributed by atoms with Crippen molar-refractivity contribution in [2.75, 3.05) is 33.4 Å². The third-order valence-electron chi connectivity index (χ3n) is 4.74. The van der Waals surface area contributed by atoms with E-state index in [9.17, 15) is 4.79 Å². The molecule has 1 N–H and O–H groups in total. The van der Waals surface area contributed by atoms with Crippen LogP contribution in [0.15, 0.2) is 24.3 Å². The van der Waals surface area contributed by atoms with Crippen LogP contribution in [0.3, 0.4) is 0 Å². The Morgan fingerprint density at radius 2 is 2.22 bits per heavy atom. The van der Waals surface area contributed by atoms with Gasteiger partial charge in [-0.25, -0.2) is 0 Å². The van der Waals surface area contributed by atoms with Gasteiger partial charge in [0.25, 0.3) is 0 Å². The van der Waals surface area contributed by atoms with Gasteiger partial charge in [-0.2, -0.15) is 0 Å². The highest BCUT2D eigenvalue weighted by atomic mass is 16.5. The lowest BCUT2D eigenvalue weighted by atomic mass is 9.85. The topological polar surface area (TPSA) is 50.8 Å². The Bertz CT molecular complexity index is 561. The number of carbonyl (C=O) groups excluding carboxylic acids is 1. The second-order valence-electron chi connectivity index (χ2n) is 6.71. The van der Waals surface area contributed by atoms with Gasteiger partial charge in [0.2, 0.25) is 5.91 Å². The van der Waals surface area contributed by atoms with Crippen molar-refractivity contribution >= 4 is 5.91 Å². The van der Waals surface area contributed by atoms with Crippen LogP contribution in [-0.2, 0) is 9.53 Å². The number of benzene rings is 1. The van der Waals surface area contributed by atoms with E-state index in [-0.39, 0.29) is 29.9 Å². The van der Waals surface area contributed by atoms with Crippen molar-refractivity contribution in [2.45, 2.75) is 26.0 Å². The third kappa shape index (κ3) is 3.35. The monoisotopic (exact) mass is 318 g/mol. The van der Waals surface area contributed by atoms with Crippen molar-refractivity contribution in [3.8, 4) is 5.75 Å². The number of amides is 1. The van der Waals surface area contributed by atoms with E-state index in [4.69, 9.17) is 9.47 Å². The number of fused-ring (bicyclic) bond motifs is 3. The minimum Gasteiger partial charge on any atom is -0.493 e. The summed E-state index contributed by atoms with van der Waals surface area (Å²) < 4.78 is 11.4. The zero-order chi connectivity index (χ0) is 16.4. The number of hydrogen-bond donors (Lipinski definition) is 1. The van der Waals surface area contributed by atoms with Gasteiger partial charge in [0.1, 0.15) is 5.75 Å². The van der Waals surface area contributed by atoms with Gasteiger partial charge < -0.3 is 14.8 Å².